The number of hydrogen-bond acceptors (Lipinski definition) is 5. The largest absolute Gasteiger partial charge is 0.444 e. The van der Waals surface area contributed by atoms with Crippen LogP contribution in [0.5, 0.6) is 0 Å². The number of carbonyl (C=O) groups excluding carboxylic acids is 2. The zero-order valence-corrected chi connectivity index (χ0v) is 21.0. The molecule has 1 aliphatic carbocycles. The molecule has 9 heteroatoms. The van der Waals surface area contributed by atoms with Gasteiger partial charge in [0.15, 0.2) is 0 Å². The highest BCUT2D eigenvalue weighted by Crippen LogP contribution is 2.23. The number of nitrogens with zero attached hydrogens (tertiary/aromatic N) is 2. The maximum atomic E-state index is 12.8. The first-order chi connectivity index (χ1) is 15.4. The molecule has 2 aliphatic rings. The van der Waals surface area contributed by atoms with E-state index in [4.69, 9.17) is 4.74 Å². The minimum Gasteiger partial charge on any atom is -0.444 e. The summed E-state index contributed by atoms with van der Waals surface area (Å²) in [7, 11) is -1.72. The SMILES string of the molecule is CN(CC1CCCN(C(=O)CCc2ccc(S(=O)(=O)NC3CC3)cc2)C1)C(=O)OC(C)(C)C. The zero-order valence-electron chi connectivity index (χ0n) is 20.2. The summed E-state index contributed by atoms with van der Waals surface area (Å²) >= 11 is 0. The molecule has 3 rings (SSSR count). The molecule has 1 saturated heterocycles. The van der Waals surface area contributed by atoms with E-state index in [2.05, 4.69) is 4.72 Å². The Bertz CT molecular complexity index is 936. The lowest BCUT2D eigenvalue weighted by Crippen LogP contribution is -2.45. The number of nitrogens with one attached hydrogen (secondary N) is 1. The molecule has 2 fully saturated rings. The van der Waals surface area contributed by atoms with Gasteiger partial charge >= 0.3 is 6.09 Å². The van der Waals surface area contributed by atoms with Gasteiger partial charge in [0.2, 0.25) is 15.9 Å². The highest BCUT2D eigenvalue weighted by Gasteiger charge is 2.29. The second-order valence-electron chi connectivity index (χ2n) is 10.2. The lowest BCUT2D eigenvalue weighted by Gasteiger charge is -2.35. The van der Waals surface area contributed by atoms with Gasteiger partial charge in [0.05, 0.1) is 4.90 Å². The van der Waals surface area contributed by atoms with Crippen molar-refractivity contribution in [3.8, 4) is 0 Å². The van der Waals surface area contributed by atoms with Gasteiger partial charge < -0.3 is 14.5 Å². The van der Waals surface area contributed by atoms with Crippen molar-refractivity contribution in [2.75, 3.05) is 26.7 Å². The fourth-order valence-corrected chi connectivity index (χ4v) is 5.28. The van der Waals surface area contributed by atoms with Crippen LogP contribution in [0.3, 0.4) is 0 Å². The summed E-state index contributed by atoms with van der Waals surface area (Å²) in [6, 6.07) is 6.85. The molecule has 8 nitrogen and oxygen atoms in total. The molecule has 1 aromatic rings. The Morgan fingerprint density at radius 2 is 1.82 bits per heavy atom. The van der Waals surface area contributed by atoms with Crippen molar-refractivity contribution in [2.45, 2.75) is 75.8 Å². The minimum absolute atomic E-state index is 0.0737. The standard InChI is InChI=1S/C24H37N3O5S/c1-24(2,3)32-23(29)26(4)16-19-6-5-15-27(17-19)22(28)14-9-18-7-12-21(13-8-18)33(30,31)25-20-10-11-20/h7-8,12-13,19-20,25H,5-6,9-11,14-17H2,1-4H3. The average molecular weight is 480 g/mol. The molecular weight excluding hydrogens is 442 g/mol. The second-order valence-corrected chi connectivity index (χ2v) is 12.0. The van der Waals surface area contributed by atoms with E-state index in [1.165, 1.54) is 0 Å². The third-order valence-electron chi connectivity index (χ3n) is 5.87. The van der Waals surface area contributed by atoms with Gasteiger partial charge in [-0.2, -0.15) is 0 Å². The third-order valence-corrected chi connectivity index (χ3v) is 7.41. The van der Waals surface area contributed by atoms with Crippen molar-refractivity contribution >= 4 is 22.0 Å². The maximum absolute atomic E-state index is 12.8. The molecule has 1 unspecified atom stereocenters. The highest BCUT2D eigenvalue weighted by molar-refractivity contribution is 7.89. The summed E-state index contributed by atoms with van der Waals surface area (Å²) < 4.78 is 32.7. The number of rotatable bonds is 8. The van der Waals surface area contributed by atoms with Crippen LogP contribution in [0.4, 0.5) is 4.79 Å². The van der Waals surface area contributed by atoms with Gasteiger partial charge in [0, 0.05) is 39.1 Å². The van der Waals surface area contributed by atoms with Gasteiger partial charge in [0.1, 0.15) is 5.60 Å². The van der Waals surface area contributed by atoms with Crippen molar-refractivity contribution in [2.24, 2.45) is 5.92 Å². The second kappa shape index (κ2) is 10.4. The molecule has 1 aliphatic heterocycles. The Morgan fingerprint density at radius 1 is 1.15 bits per heavy atom. The molecule has 0 bridgehead atoms. The molecule has 1 N–H and O–H groups in total. The zero-order chi connectivity index (χ0) is 24.2. The lowest BCUT2D eigenvalue weighted by molar-refractivity contribution is -0.133. The number of piperidine rings is 1. The first kappa shape index (κ1) is 25.5. The predicted molar refractivity (Wildman–Crippen MR) is 126 cm³/mol. The number of hydrogen-bond donors (Lipinski definition) is 1. The molecule has 1 heterocycles. The van der Waals surface area contributed by atoms with E-state index >= 15 is 0 Å². The monoisotopic (exact) mass is 479 g/mol. The average Bonchev–Trinajstić information content (AvgIpc) is 3.54. The molecule has 1 atom stereocenters. The van der Waals surface area contributed by atoms with E-state index in [0.29, 0.717) is 25.9 Å². The van der Waals surface area contributed by atoms with E-state index in [1.54, 1.807) is 36.2 Å². The number of carbonyl (C=O) groups is 2. The number of likely N-dealkylation sites (tertiary alicyclic amines) is 1. The van der Waals surface area contributed by atoms with Crippen LogP contribution < -0.4 is 4.72 Å². The van der Waals surface area contributed by atoms with Gasteiger partial charge in [0.25, 0.3) is 0 Å². The summed E-state index contributed by atoms with van der Waals surface area (Å²) in [5.41, 5.74) is 0.405. The number of benzene rings is 1. The smallest absolute Gasteiger partial charge is 0.410 e. The molecular formula is C24H37N3O5S. The maximum Gasteiger partial charge on any atom is 0.410 e. The van der Waals surface area contributed by atoms with Crippen LogP contribution in [0.15, 0.2) is 29.2 Å². The molecule has 1 aromatic carbocycles. The van der Waals surface area contributed by atoms with Crippen LogP contribution >= 0.6 is 0 Å². The highest BCUT2D eigenvalue weighted by atomic mass is 32.2. The summed E-state index contributed by atoms with van der Waals surface area (Å²) in [5, 5.41) is 0. The molecule has 0 spiro atoms. The third kappa shape index (κ3) is 7.99. The number of ether oxygens (including phenoxy) is 1. The van der Waals surface area contributed by atoms with E-state index in [-0.39, 0.29) is 28.9 Å². The van der Waals surface area contributed by atoms with Gasteiger partial charge in [-0.25, -0.2) is 17.9 Å². The van der Waals surface area contributed by atoms with Crippen LogP contribution in [-0.2, 0) is 26.0 Å². The normalized spacial score (nSPS) is 19.3. The topological polar surface area (TPSA) is 96.0 Å². The Balaban J connectivity index is 1.46. The van der Waals surface area contributed by atoms with Crippen LogP contribution in [0.1, 0.15) is 58.4 Å². The Labute approximate surface area is 197 Å². The van der Waals surface area contributed by atoms with E-state index in [1.807, 2.05) is 25.7 Å². The van der Waals surface area contributed by atoms with Gasteiger partial charge in [-0.05, 0) is 76.5 Å². The molecule has 0 radical (unpaired) electrons. The number of sulfonamides is 1. The van der Waals surface area contributed by atoms with Crippen molar-refractivity contribution in [1.82, 2.24) is 14.5 Å². The Hall–Kier alpha value is -2.13. The predicted octanol–water partition coefficient (Wildman–Crippen LogP) is 3.17. The van der Waals surface area contributed by atoms with Crippen molar-refractivity contribution in [3.63, 3.8) is 0 Å². The molecule has 184 valence electrons. The Morgan fingerprint density at radius 3 is 2.42 bits per heavy atom. The number of aryl methyl sites for hydroxylation is 1. The minimum atomic E-state index is -3.46. The summed E-state index contributed by atoms with van der Waals surface area (Å²) in [4.78, 5) is 28.8. The first-order valence-electron chi connectivity index (χ1n) is 11.8. The fraction of sp³-hybridized carbons (Fsp3) is 0.667. The Kier molecular flexibility index (Phi) is 8.05. The van der Waals surface area contributed by atoms with Crippen molar-refractivity contribution in [1.29, 1.82) is 0 Å². The lowest BCUT2D eigenvalue weighted by atomic mass is 9.97. The van der Waals surface area contributed by atoms with E-state index in [9.17, 15) is 18.0 Å². The van der Waals surface area contributed by atoms with Gasteiger partial charge in [-0.15, -0.1) is 0 Å². The summed E-state index contributed by atoms with van der Waals surface area (Å²) in [5.74, 6) is 0.315. The van der Waals surface area contributed by atoms with Crippen LogP contribution in [0.25, 0.3) is 0 Å². The quantitative estimate of drug-likeness (QED) is 0.618. The molecule has 2 amide bonds. The molecule has 33 heavy (non-hydrogen) atoms. The van der Waals surface area contributed by atoms with Gasteiger partial charge in [-0.1, -0.05) is 12.1 Å². The summed E-state index contributed by atoms with van der Waals surface area (Å²) in [6.45, 7) is 7.46. The van der Waals surface area contributed by atoms with Crippen LogP contribution in [0.2, 0.25) is 0 Å². The van der Waals surface area contributed by atoms with Crippen molar-refractivity contribution < 1.29 is 22.7 Å². The fourth-order valence-electron chi connectivity index (χ4n) is 3.98. The van der Waals surface area contributed by atoms with Crippen LogP contribution in [0, 0.1) is 5.92 Å². The summed E-state index contributed by atoms with van der Waals surface area (Å²) in [6.07, 6.45) is 4.28. The number of amides is 2. The van der Waals surface area contributed by atoms with Crippen LogP contribution in [-0.4, -0.2) is 68.5 Å². The molecule has 1 saturated carbocycles. The van der Waals surface area contributed by atoms with E-state index in [0.717, 1.165) is 37.8 Å². The molecule has 0 aromatic heterocycles. The van der Waals surface area contributed by atoms with Crippen molar-refractivity contribution in [3.05, 3.63) is 29.8 Å². The van der Waals surface area contributed by atoms with E-state index < -0.39 is 15.6 Å². The first-order valence-corrected chi connectivity index (χ1v) is 13.2. The van der Waals surface area contributed by atoms with Gasteiger partial charge in [-0.3, -0.25) is 4.79 Å².